The molecule has 126 valence electrons. The first-order valence-corrected chi connectivity index (χ1v) is 8.34. The maximum atomic E-state index is 12.0. The molecule has 0 unspecified atom stereocenters. The van der Waals surface area contributed by atoms with Gasteiger partial charge in [-0.15, -0.1) is 0 Å². The van der Waals surface area contributed by atoms with E-state index in [0.717, 1.165) is 18.9 Å². The Balaban J connectivity index is 1.47. The number of nitrogens with zero attached hydrogens (tertiary/aromatic N) is 3. The van der Waals surface area contributed by atoms with Gasteiger partial charge in [-0.3, -0.25) is 4.79 Å². The summed E-state index contributed by atoms with van der Waals surface area (Å²) in [5.41, 5.74) is 0.456. The molecule has 1 fully saturated rings. The molecule has 0 aliphatic carbocycles. The molecular formula is C17H19ClN4O2. The van der Waals surface area contributed by atoms with Crippen LogP contribution in [0.25, 0.3) is 0 Å². The number of anilines is 1. The van der Waals surface area contributed by atoms with Crippen LogP contribution < -0.4 is 15.0 Å². The van der Waals surface area contributed by atoms with E-state index in [1.54, 1.807) is 24.3 Å². The van der Waals surface area contributed by atoms with Gasteiger partial charge >= 0.3 is 0 Å². The molecule has 1 aromatic heterocycles. The predicted molar refractivity (Wildman–Crippen MR) is 92.8 cm³/mol. The lowest BCUT2D eigenvalue weighted by molar-refractivity contribution is 0.0946. The van der Waals surface area contributed by atoms with Gasteiger partial charge in [0.25, 0.3) is 5.91 Å². The Kier molecular flexibility index (Phi) is 5.48. The molecule has 1 amide bonds. The second-order valence-electron chi connectivity index (χ2n) is 5.49. The Bertz CT molecular complexity index is 704. The first kappa shape index (κ1) is 16.5. The molecule has 3 rings (SSSR count). The Morgan fingerprint density at radius 3 is 2.83 bits per heavy atom. The van der Waals surface area contributed by atoms with Crippen molar-refractivity contribution in [3.05, 3.63) is 47.2 Å². The Morgan fingerprint density at radius 2 is 2.04 bits per heavy atom. The van der Waals surface area contributed by atoms with E-state index in [1.165, 1.54) is 19.2 Å². The summed E-state index contributed by atoms with van der Waals surface area (Å²) in [6.07, 6.45) is 3.88. The fraction of sp³-hybridized carbons (Fsp3) is 0.353. The molecular weight excluding hydrogens is 328 g/mol. The van der Waals surface area contributed by atoms with Gasteiger partial charge in [-0.25, -0.2) is 9.97 Å². The number of carbonyl (C=O) groups excluding carboxylic acids is 1. The van der Waals surface area contributed by atoms with E-state index in [0.29, 0.717) is 29.6 Å². The van der Waals surface area contributed by atoms with Crippen molar-refractivity contribution >= 4 is 23.3 Å². The summed E-state index contributed by atoms with van der Waals surface area (Å²) >= 11 is 5.99. The number of halogens is 1. The van der Waals surface area contributed by atoms with Crippen molar-refractivity contribution in [3.8, 4) is 5.88 Å². The fourth-order valence-corrected chi connectivity index (χ4v) is 2.81. The third-order valence-electron chi connectivity index (χ3n) is 3.81. The lowest BCUT2D eigenvalue weighted by Crippen LogP contribution is -2.28. The summed E-state index contributed by atoms with van der Waals surface area (Å²) in [6.45, 7) is 2.73. The van der Waals surface area contributed by atoms with Gasteiger partial charge in [0.05, 0.1) is 17.1 Å². The monoisotopic (exact) mass is 346 g/mol. The van der Waals surface area contributed by atoms with Crippen LogP contribution in [0.1, 0.15) is 23.2 Å². The van der Waals surface area contributed by atoms with Crippen LogP contribution >= 0.6 is 11.6 Å². The minimum absolute atomic E-state index is 0.218. The van der Waals surface area contributed by atoms with Gasteiger partial charge < -0.3 is 15.0 Å². The molecule has 2 aromatic rings. The molecule has 1 aliphatic heterocycles. The first-order valence-electron chi connectivity index (χ1n) is 7.96. The molecule has 1 aromatic carbocycles. The highest BCUT2D eigenvalue weighted by Gasteiger charge is 2.14. The smallest absolute Gasteiger partial charge is 0.252 e. The number of rotatable bonds is 6. The van der Waals surface area contributed by atoms with E-state index in [1.807, 2.05) is 6.07 Å². The molecule has 2 heterocycles. The van der Waals surface area contributed by atoms with Crippen LogP contribution in [0.3, 0.4) is 0 Å². The maximum absolute atomic E-state index is 12.0. The number of carbonyl (C=O) groups is 1. The summed E-state index contributed by atoms with van der Waals surface area (Å²) in [4.78, 5) is 22.6. The van der Waals surface area contributed by atoms with Crippen LogP contribution in [0.2, 0.25) is 5.02 Å². The number of benzene rings is 1. The fourth-order valence-electron chi connectivity index (χ4n) is 2.59. The van der Waals surface area contributed by atoms with E-state index >= 15 is 0 Å². The lowest BCUT2D eigenvalue weighted by Gasteiger charge is -2.16. The third kappa shape index (κ3) is 4.14. The van der Waals surface area contributed by atoms with Crippen LogP contribution in [0.4, 0.5) is 5.82 Å². The average Bonchev–Trinajstić information content (AvgIpc) is 3.14. The highest BCUT2D eigenvalue weighted by Crippen LogP contribution is 2.20. The van der Waals surface area contributed by atoms with Crippen molar-refractivity contribution in [3.63, 3.8) is 0 Å². The summed E-state index contributed by atoms with van der Waals surface area (Å²) in [5, 5.41) is 3.21. The van der Waals surface area contributed by atoms with Crippen molar-refractivity contribution in [2.24, 2.45) is 0 Å². The van der Waals surface area contributed by atoms with Crippen molar-refractivity contribution in [2.45, 2.75) is 12.8 Å². The summed E-state index contributed by atoms with van der Waals surface area (Å²) in [5.74, 6) is 1.18. The molecule has 1 saturated heterocycles. The lowest BCUT2D eigenvalue weighted by atomic mass is 10.2. The number of amides is 1. The van der Waals surface area contributed by atoms with E-state index in [4.69, 9.17) is 16.3 Å². The predicted octanol–water partition coefficient (Wildman–Crippen LogP) is 2.54. The number of hydrogen-bond acceptors (Lipinski definition) is 5. The van der Waals surface area contributed by atoms with E-state index in [2.05, 4.69) is 20.2 Å². The van der Waals surface area contributed by atoms with Crippen molar-refractivity contribution in [1.29, 1.82) is 0 Å². The standard InChI is InChI=1S/C17H19ClN4O2/c18-14-6-2-1-5-13(14)17(23)19-7-10-24-16-11-15(20-12-21-16)22-8-3-4-9-22/h1-2,5-6,11-12H,3-4,7-10H2,(H,19,23). The van der Waals surface area contributed by atoms with Gasteiger partial charge in [-0.05, 0) is 25.0 Å². The maximum Gasteiger partial charge on any atom is 0.252 e. The number of nitrogens with one attached hydrogen (secondary N) is 1. The van der Waals surface area contributed by atoms with Gasteiger partial charge in [0, 0.05) is 19.2 Å². The Labute approximate surface area is 145 Å². The van der Waals surface area contributed by atoms with E-state index in [-0.39, 0.29) is 5.91 Å². The molecule has 6 nitrogen and oxygen atoms in total. The zero-order valence-electron chi connectivity index (χ0n) is 13.2. The summed E-state index contributed by atoms with van der Waals surface area (Å²) < 4.78 is 5.60. The highest BCUT2D eigenvalue weighted by molar-refractivity contribution is 6.33. The second kappa shape index (κ2) is 7.97. The normalized spacial score (nSPS) is 13.8. The van der Waals surface area contributed by atoms with Gasteiger partial charge in [-0.1, -0.05) is 23.7 Å². The van der Waals surface area contributed by atoms with Crippen LogP contribution in [0, 0.1) is 0 Å². The van der Waals surface area contributed by atoms with Gasteiger partial charge in [0.2, 0.25) is 5.88 Å². The van der Waals surface area contributed by atoms with Crippen LogP contribution in [0.15, 0.2) is 36.7 Å². The van der Waals surface area contributed by atoms with Crippen LogP contribution in [-0.2, 0) is 0 Å². The average molecular weight is 347 g/mol. The topological polar surface area (TPSA) is 67.3 Å². The minimum atomic E-state index is -0.218. The third-order valence-corrected chi connectivity index (χ3v) is 4.14. The van der Waals surface area contributed by atoms with Gasteiger partial charge in [0.15, 0.2) is 0 Å². The van der Waals surface area contributed by atoms with Crippen molar-refractivity contribution in [1.82, 2.24) is 15.3 Å². The van der Waals surface area contributed by atoms with Gasteiger partial charge in [-0.2, -0.15) is 0 Å². The Morgan fingerprint density at radius 1 is 1.25 bits per heavy atom. The summed E-state index contributed by atoms with van der Waals surface area (Å²) in [6, 6.07) is 8.77. The Hall–Kier alpha value is -2.34. The SMILES string of the molecule is O=C(NCCOc1cc(N2CCCC2)ncn1)c1ccccc1Cl. The number of aromatic nitrogens is 2. The number of ether oxygens (including phenoxy) is 1. The summed E-state index contributed by atoms with van der Waals surface area (Å²) in [7, 11) is 0. The molecule has 0 spiro atoms. The highest BCUT2D eigenvalue weighted by atomic mass is 35.5. The largest absolute Gasteiger partial charge is 0.476 e. The van der Waals surface area contributed by atoms with E-state index in [9.17, 15) is 4.79 Å². The van der Waals surface area contributed by atoms with Gasteiger partial charge in [0.1, 0.15) is 18.8 Å². The van der Waals surface area contributed by atoms with E-state index < -0.39 is 0 Å². The molecule has 24 heavy (non-hydrogen) atoms. The zero-order chi connectivity index (χ0) is 16.8. The molecule has 0 bridgehead atoms. The first-order chi connectivity index (χ1) is 11.7. The van der Waals surface area contributed by atoms with Crippen LogP contribution in [-0.4, -0.2) is 42.1 Å². The molecule has 0 radical (unpaired) electrons. The second-order valence-corrected chi connectivity index (χ2v) is 5.90. The van der Waals surface area contributed by atoms with Crippen molar-refractivity contribution in [2.75, 3.05) is 31.1 Å². The molecule has 0 saturated carbocycles. The van der Waals surface area contributed by atoms with Crippen LogP contribution in [0.5, 0.6) is 5.88 Å². The van der Waals surface area contributed by atoms with Crippen molar-refractivity contribution < 1.29 is 9.53 Å². The molecule has 1 N–H and O–H groups in total. The quantitative estimate of drug-likeness (QED) is 0.814. The molecule has 7 heteroatoms. The number of hydrogen-bond donors (Lipinski definition) is 1. The molecule has 1 aliphatic rings. The zero-order valence-corrected chi connectivity index (χ0v) is 14.0. The minimum Gasteiger partial charge on any atom is -0.476 e. The molecule has 0 atom stereocenters.